The maximum absolute atomic E-state index is 13.1. The monoisotopic (exact) mass is 1860 g/mol. The normalized spacial score (nSPS) is 10.3. The number of carbonyl (C=O) groups is 8. The summed E-state index contributed by atoms with van der Waals surface area (Å²) in [6.07, 6.45) is 6.26. The number of furan rings is 4. The van der Waals surface area contributed by atoms with Gasteiger partial charge in [0, 0.05) is 77.8 Å². The number of halogens is 3. The van der Waals surface area contributed by atoms with Gasteiger partial charge in [-0.1, -0.05) is 133 Å². The van der Waals surface area contributed by atoms with E-state index in [2.05, 4.69) is 67.7 Å². The molecule has 36 heteroatoms. The molecule has 650 valence electrons. The molecule has 127 heavy (non-hydrogen) atoms. The van der Waals surface area contributed by atoms with Gasteiger partial charge in [0.1, 0.15) is 44.8 Å². The van der Waals surface area contributed by atoms with Crippen molar-refractivity contribution in [3.8, 4) is 22.3 Å². The first-order valence-corrected chi connectivity index (χ1v) is 40.0. The third-order valence-corrected chi connectivity index (χ3v) is 19.2. The second-order valence-electron chi connectivity index (χ2n) is 26.6. The summed E-state index contributed by atoms with van der Waals surface area (Å²) in [5, 5.41) is 43.8. The zero-order chi connectivity index (χ0) is 88.8. The number of carboxylic acids is 2. The molecular weight excluding hydrogens is 1780 g/mol. The zero-order valence-corrected chi connectivity index (χ0v) is 72.9. The minimum Gasteiger partial charge on any atom is -0.870 e. The first-order chi connectivity index (χ1) is 59.9. The predicted octanol–water partition coefficient (Wildman–Crippen LogP) is 11.8. The van der Waals surface area contributed by atoms with Crippen molar-refractivity contribution in [1.82, 2.24) is 19.9 Å². The van der Waals surface area contributed by atoms with E-state index >= 15 is 0 Å². The maximum Gasteiger partial charge on any atom is 1.00 e. The van der Waals surface area contributed by atoms with Crippen LogP contribution in [0.15, 0.2) is 270 Å². The molecule has 7 aromatic carbocycles. The van der Waals surface area contributed by atoms with Crippen LogP contribution >= 0.6 is 44.3 Å². The van der Waals surface area contributed by atoms with Crippen LogP contribution in [0.4, 0.5) is 22.7 Å². The molecule has 8 aromatic heterocycles. The Hall–Kier alpha value is -13.5. The summed E-state index contributed by atoms with van der Waals surface area (Å²) in [5.74, 6) is -4.16. The first-order valence-electron chi connectivity index (χ1n) is 38.4. The van der Waals surface area contributed by atoms with Gasteiger partial charge in [-0.05, 0) is 169 Å². The molecule has 0 aliphatic carbocycles. The Morgan fingerprint density at radius 3 is 1.09 bits per heavy atom. The standard InChI is InChI=1S/C25H23N3O4.C23H19N3O4.C18H15BrN2O4.C10H13NO2.C8H4BrNO3.C7H10BNO2.ClH.Li.H2O/c1-2-31-23(29)13-18-7-3-4-9-20(18)28-25(30)22-14-19(24-21(27-22)10-11-32-24)17-8-5-6-16(12-17)15-26;24-13-14-4-3-6-15(10-14)17-12-20(25-19-8-9-30-22(17)19)23(29)26-18-7-2-1-5-16(18)11-21(27)28;1-2-24-16(22)9-11-5-3-4-6-13(11)21-18(23)15-10-12(19)17-14(20-15)7-8-25-17;1-2-13-10(12)7-8-5-3-4-6-9(8)11;9-4-3-6(8(11)12)10-5-1-2-13-7(4)5;9-5-6-2-1-3-7(4-6)8(10)11;;;/h3-12,14H,2,13,15,26H2,1H3,(H,28,30);1-10,12H,11,13,24H2,(H,26,29)(H,27,28);3-8,10H,2,9H2,1H3,(H,21,23);3-6H,2,7,11H2,1H3;1-3H,(H,11,12);1-4,10-11H,5,9H2;1H;;1H2/q;;;;;;;+1;/p-1. The van der Waals surface area contributed by atoms with Gasteiger partial charge in [0.15, 0.2) is 22.3 Å². The number of fused-ring (bicyclic) bond motifs is 4. The fourth-order valence-corrected chi connectivity index (χ4v) is 13.2. The number of ether oxygens (including phenoxy) is 3. The Morgan fingerprint density at radius 2 is 0.724 bits per heavy atom. The number of pyridine rings is 4. The third kappa shape index (κ3) is 28.5. The molecule has 0 saturated carbocycles. The number of nitrogens with zero attached hydrogens (tertiary/aromatic N) is 4. The first kappa shape index (κ1) is 101. The molecule has 0 fully saturated rings. The fourth-order valence-electron chi connectivity index (χ4n) is 12.2. The number of rotatable bonds is 24. The Balaban J connectivity index is 0.000000217. The number of carbonyl (C=O) groups excluding carboxylic acids is 6. The van der Waals surface area contributed by atoms with E-state index in [1.54, 1.807) is 160 Å². The van der Waals surface area contributed by atoms with Gasteiger partial charge in [-0.3, -0.25) is 33.6 Å². The van der Waals surface area contributed by atoms with E-state index in [1.165, 1.54) is 24.9 Å². The van der Waals surface area contributed by atoms with Crippen LogP contribution in [0.1, 0.15) is 102 Å². The van der Waals surface area contributed by atoms with Gasteiger partial charge in [0.2, 0.25) is 0 Å². The maximum atomic E-state index is 13.1. The van der Waals surface area contributed by atoms with E-state index in [4.69, 9.17) is 75.1 Å². The van der Waals surface area contributed by atoms with Gasteiger partial charge < -0.3 is 96.5 Å². The largest absolute Gasteiger partial charge is 1.00 e. The molecule has 8 heterocycles. The Bertz CT molecular complexity index is 6310. The number of carboxylic acid groups (broad SMARTS) is 2. The Labute approximate surface area is 762 Å². The zero-order valence-electron chi connectivity index (χ0n) is 68.9. The van der Waals surface area contributed by atoms with Crippen molar-refractivity contribution < 1.29 is 115 Å². The molecule has 15 aromatic rings. The number of benzene rings is 7. The van der Waals surface area contributed by atoms with Gasteiger partial charge in [0.05, 0.1) is 79.5 Å². The van der Waals surface area contributed by atoms with Gasteiger partial charge in [-0.2, -0.15) is 0 Å². The predicted molar refractivity (Wildman–Crippen MR) is 485 cm³/mol. The van der Waals surface area contributed by atoms with E-state index in [1.807, 2.05) is 78.9 Å². The van der Waals surface area contributed by atoms with Crippen LogP contribution in [-0.4, -0.2) is 120 Å². The average Bonchev–Trinajstić information content (AvgIpc) is 1.69. The van der Waals surface area contributed by atoms with Crippen molar-refractivity contribution in [3.63, 3.8) is 0 Å². The van der Waals surface area contributed by atoms with Crippen LogP contribution in [0.5, 0.6) is 0 Å². The average molecular weight is 1870 g/mol. The van der Waals surface area contributed by atoms with E-state index in [-0.39, 0.29) is 115 Å². The van der Waals surface area contributed by atoms with Crippen molar-refractivity contribution in [3.05, 3.63) is 314 Å². The van der Waals surface area contributed by atoms with Crippen LogP contribution < -0.4 is 63.2 Å². The van der Waals surface area contributed by atoms with Gasteiger partial charge >= 0.3 is 55.8 Å². The van der Waals surface area contributed by atoms with E-state index in [0.717, 1.165) is 44.5 Å². The van der Waals surface area contributed by atoms with Crippen LogP contribution in [-0.2, 0) is 78.7 Å². The van der Waals surface area contributed by atoms with Gasteiger partial charge in [-0.25, -0.2) is 24.7 Å². The topological polar surface area (TPSA) is 519 Å². The molecule has 3 amide bonds. The van der Waals surface area contributed by atoms with Crippen molar-refractivity contribution in [2.24, 2.45) is 17.2 Å². The number of hydrogen-bond donors (Lipinski definition) is 11. The number of para-hydroxylation sites is 4. The van der Waals surface area contributed by atoms with Crippen molar-refractivity contribution >= 4 is 172 Å². The smallest absolute Gasteiger partial charge is 0.870 e. The van der Waals surface area contributed by atoms with Crippen LogP contribution in [0, 0.1) is 0 Å². The number of nitrogens with two attached hydrogens (primary N) is 4. The molecular formula is C91H86BBr2ClLiN11O20. The number of hydrogen-bond acceptors (Lipinski definition) is 26. The number of aromatic nitrogens is 4. The quantitative estimate of drug-likeness (QED) is 0.0116. The molecule has 16 N–H and O–H groups in total. The fraction of sp³-hybridized carbons (Fsp3) is 0.143. The molecule has 0 radical (unpaired) electrons. The molecule has 0 spiro atoms. The summed E-state index contributed by atoms with van der Waals surface area (Å²) in [6, 6.07) is 63.7. The van der Waals surface area contributed by atoms with E-state index < -0.39 is 25.0 Å². The summed E-state index contributed by atoms with van der Waals surface area (Å²) in [7, 11) is -1.40. The van der Waals surface area contributed by atoms with Crippen LogP contribution in [0.25, 0.3) is 66.7 Å². The number of aromatic carboxylic acids is 1. The molecule has 15 rings (SSSR count). The molecule has 0 unspecified atom stereocenters. The summed E-state index contributed by atoms with van der Waals surface area (Å²) in [4.78, 5) is 112. The number of nitrogen functional groups attached to an aromatic ring is 1. The minimum absolute atomic E-state index is 0. The van der Waals surface area contributed by atoms with Crippen molar-refractivity contribution in [1.29, 1.82) is 0 Å². The Morgan fingerprint density at radius 1 is 0.402 bits per heavy atom. The molecule has 0 saturated heterocycles. The number of amides is 3. The summed E-state index contributed by atoms with van der Waals surface area (Å²) >= 11 is 6.57. The summed E-state index contributed by atoms with van der Waals surface area (Å²) in [5.41, 5.74) is 39.1. The molecule has 0 aliphatic heterocycles. The van der Waals surface area contributed by atoms with Crippen molar-refractivity contribution in [2.75, 3.05) is 41.5 Å². The van der Waals surface area contributed by atoms with Gasteiger partial charge in [-0.15, -0.1) is 12.4 Å². The van der Waals surface area contributed by atoms with E-state index in [9.17, 15) is 38.4 Å². The second-order valence-corrected chi connectivity index (χ2v) is 28.3. The van der Waals surface area contributed by atoms with Crippen molar-refractivity contribution in [2.45, 2.75) is 66.1 Å². The van der Waals surface area contributed by atoms with Gasteiger partial charge in [0.25, 0.3) is 17.7 Å². The SMILES string of the molecule is CCOC(=O)Cc1ccccc1N.CCOC(=O)Cc1ccccc1NC(=O)c1cc(-c2cccc(CN)c2)c2occc2n1.CCOC(=O)Cc1ccccc1NC(=O)c1cc(Br)c2occc2n1.Cl.NCc1cccc(-c2cc(C(=O)Nc3ccccc3CC(=O)O)nc3ccoc23)c1.NCc1cccc(B(O)O)c1.O=C(O)c1cc(Br)c2occc2n1.[Li+].[OH-]. The molecule has 0 atom stereocenters. The van der Waals surface area contributed by atoms with Crippen LogP contribution in [0.2, 0.25) is 0 Å². The minimum atomic E-state index is -1.40. The molecule has 0 bridgehead atoms. The van der Waals surface area contributed by atoms with E-state index in [0.29, 0.717) is 138 Å². The molecule has 0 aliphatic rings. The number of esters is 3. The number of nitrogens with one attached hydrogen (secondary N) is 3. The second kappa shape index (κ2) is 49.9. The third-order valence-electron chi connectivity index (χ3n) is 18.0. The summed E-state index contributed by atoms with van der Waals surface area (Å²) in [6.45, 7) is 7.54. The number of anilines is 4. The van der Waals surface area contributed by atoms with Crippen LogP contribution in [0.3, 0.4) is 0 Å². The summed E-state index contributed by atoms with van der Waals surface area (Å²) < 4.78 is 37.7. The number of aliphatic carboxylic acids is 1. The Kier molecular flexibility index (Phi) is 39.5. The molecule has 31 nitrogen and oxygen atoms in total.